The molecule has 1 aromatic heterocycles. The van der Waals surface area contributed by atoms with E-state index < -0.39 is 28.9 Å². The number of carboxylic acid groups (broad SMARTS) is 1. The molecule has 0 aliphatic heterocycles. The van der Waals surface area contributed by atoms with Crippen molar-refractivity contribution in [2.24, 2.45) is 0 Å². The lowest BCUT2D eigenvalue weighted by Gasteiger charge is -2.07. The van der Waals surface area contributed by atoms with Crippen LogP contribution in [-0.2, 0) is 0 Å². The number of thiazole rings is 1. The summed E-state index contributed by atoms with van der Waals surface area (Å²) in [6.45, 7) is 3.92. The highest BCUT2D eigenvalue weighted by atomic mass is 32.1. The van der Waals surface area contributed by atoms with E-state index in [1.165, 1.54) is 11.3 Å². The summed E-state index contributed by atoms with van der Waals surface area (Å²) in [5, 5.41) is 13.4. The first-order chi connectivity index (χ1) is 9.38. The second-order valence-electron chi connectivity index (χ2n) is 4.48. The molecule has 20 heavy (non-hydrogen) atoms. The Hall–Kier alpha value is -2.02. The van der Waals surface area contributed by atoms with Gasteiger partial charge in [-0.05, 0) is 18.1 Å². The third-order valence-corrected chi connectivity index (χ3v) is 3.41. The molecule has 0 atom stereocenters. The van der Waals surface area contributed by atoms with Crippen LogP contribution < -0.4 is 5.32 Å². The summed E-state index contributed by atoms with van der Waals surface area (Å²) < 4.78 is 27.5. The number of carbonyl (C=O) groups is 1. The van der Waals surface area contributed by atoms with Gasteiger partial charge in [-0.25, -0.2) is 18.6 Å². The number of hydrogen-bond acceptors (Lipinski definition) is 4. The van der Waals surface area contributed by atoms with Crippen molar-refractivity contribution < 1.29 is 18.7 Å². The summed E-state index contributed by atoms with van der Waals surface area (Å²) in [5.41, 5.74) is -0.0207. The van der Waals surface area contributed by atoms with E-state index in [1.807, 2.05) is 13.8 Å². The summed E-state index contributed by atoms with van der Waals surface area (Å²) in [5.74, 6) is -3.11. The number of nitrogens with one attached hydrogen (secondary N) is 1. The van der Waals surface area contributed by atoms with Gasteiger partial charge >= 0.3 is 5.97 Å². The van der Waals surface area contributed by atoms with Crippen LogP contribution >= 0.6 is 11.3 Å². The lowest BCUT2D eigenvalue weighted by Crippen LogP contribution is -2.03. The van der Waals surface area contributed by atoms with Crippen molar-refractivity contribution in [3.63, 3.8) is 0 Å². The van der Waals surface area contributed by atoms with Gasteiger partial charge in [0.25, 0.3) is 0 Å². The van der Waals surface area contributed by atoms with Gasteiger partial charge in [0.15, 0.2) is 16.8 Å². The van der Waals surface area contributed by atoms with Crippen LogP contribution in [0.25, 0.3) is 0 Å². The molecule has 1 aromatic carbocycles. The molecule has 4 nitrogen and oxygen atoms in total. The molecular formula is C13H12F2N2O2S. The number of hydrogen-bond donors (Lipinski definition) is 2. The fraction of sp³-hybridized carbons (Fsp3) is 0.231. The van der Waals surface area contributed by atoms with Crippen LogP contribution in [-0.4, -0.2) is 16.1 Å². The highest BCUT2D eigenvalue weighted by Gasteiger charge is 2.16. The van der Waals surface area contributed by atoms with Crippen molar-refractivity contribution in [3.05, 3.63) is 40.4 Å². The van der Waals surface area contributed by atoms with Crippen LogP contribution in [0.15, 0.2) is 17.5 Å². The molecule has 1 heterocycles. The highest BCUT2D eigenvalue weighted by Crippen LogP contribution is 2.28. The average molecular weight is 298 g/mol. The minimum Gasteiger partial charge on any atom is -0.478 e. The van der Waals surface area contributed by atoms with Crippen LogP contribution in [0.3, 0.4) is 0 Å². The van der Waals surface area contributed by atoms with Gasteiger partial charge < -0.3 is 10.4 Å². The molecule has 0 aliphatic rings. The minimum atomic E-state index is -1.38. The van der Waals surface area contributed by atoms with Crippen LogP contribution in [0, 0.1) is 11.6 Å². The summed E-state index contributed by atoms with van der Waals surface area (Å²) >= 11 is 1.23. The van der Waals surface area contributed by atoms with Gasteiger partial charge in [-0.15, -0.1) is 11.3 Å². The number of anilines is 2. The van der Waals surface area contributed by atoms with Gasteiger partial charge in [-0.2, -0.15) is 0 Å². The summed E-state index contributed by atoms with van der Waals surface area (Å²) in [6.07, 6.45) is 0. The number of benzene rings is 1. The molecule has 0 aliphatic carbocycles. The van der Waals surface area contributed by atoms with Gasteiger partial charge in [0, 0.05) is 5.38 Å². The van der Waals surface area contributed by atoms with E-state index in [4.69, 9.17) is 5.11 Å². The quantitative estimate of drug-likeness (QED) is 0.896. The van der Waals surface area contributed by atoms with Crippen molar-refractivity contribution in [2.75, 3.05) is 5.32 Å². The maximum absolute atomic E-state index is 13.7. The third-order valence-electron chi connectivity index (χ3n) is 2.63. The molecule has 106 valence electrons. The van der Waals surface area contributed by atoms with E-state index in [1.54, 1.807) is 5.38 Å². The first-order valence-electron chi connectivity index (χ1n) is 5.83. The van der Waals surface area contributed by atoms with Crippen molar-refractivity contribution in [1.29, 1.82) is 0 Å². The van der Waals surface area contributed by atoms with Crippen LogP contribution in [0.1, 0.15) is 35.8 Å². The predicted octanol–water partition coefficient (Wildman–Crippen LogP) is 3.99. The molecule has 2 rings (SSSR count). The predicted molar refractivity (Wildman–Crippen MR) is 72.8 cm³/mol. The SMILES string of the molecule is CC(C)c1csc(Nc2c(F)cc(C(=O)O)cc2F)n1. The Morgan fingerprint density at radius 1 is 1.35 bits per heavy atom. The topological polar surface area (TPSA) is 62.2 Å². The van der Waals surface area contributed by atoms with Crippen LogP contribution in [0.2, 0.25) is 0 Å². The Balaban J connectivity index is 2.31. The van der Waals surface area contributed by atoms with Crippen molar-refractivity contribution in [1.82, 2.24) is 4.98 Å². The van der Waals surface area contributed by atoms with Gasteiger partial charge in [-0.3, -0.25) is 0 Å². The smallest absolute Gasteiger partial charge is 0.335 e. The van der Waals surface area contributed by atoms with Crippen molar-refractivity contribution >= 4 is 28.1 Å². The molecule has 0 saturated carbocycles. The molecule has 0 amide bonds. The fourth-order valence-electron chi connectivity index (χ4n) is 1.53. The fourth-order valence-corrected chi connectivity index (χ4v) is 2.41. The molecule has 2 aromatic rings. The first kappa shape index (κ1) is 14.4. The number of aromatic carboxylic acids is 1. The zero-order chi connectivity index (χ0) is 14.9. The van der Waals surface area contributed by atoms with Gasteiger partial charge in [0.2, 0.25) is 0 Å². The molecule has 0 fully saturated rings. The molecular weight excluding hydrogens is 286 g/mol. The molecule has 0 radical (unpaired) electrons. The van der Waals surface area contributed by atoms with E-state index in [0.29, 0.717) is 5.13 Å². The van der Waals surface area contributed by atoms with E-state index >= 15 is 0 Å². The monoisotopic (exact) mass is 298 g/mol. The van der Waals surface area contributed by atoms with Crippen molar-refractivity contribution in [3.8, 4) is 0 Å². The lowest BCUT2D eigenvalue weighted by atomic mass is 10.2. The summed E-state index contributed by atoms with van der Waals surface area (Å²) in [6, 6.07) is 1.54. The Labute approximate surface area is 118 Å². The number of carboxylic acids is 1. The maximum atomic E-state index is 13.7. The zero-order valence-electron chi connectivity index (χ0n) is 10.8. The molecule has 0 spiro atoms. The number of rotatable bonds is 4. The van der Waals surface area contributed by atoms with E-state index in [2.05, 4.69) is 10.3 Å². The Morgan fingerprint density at radius 3 is 2.40 bits per heavy atom. The maximum Gasteiger partial charge on any atom is 0.335 e. The van der Waals surface area contributed by atoms with E-state index in [0.717, 1.165) is 17.8 Å². The highest BCUT2D eigenvalue weighted by molar-refractivity contribution is 7.13. The molecule has 2 N–H and O–H groups in total. The van der Waals surface area contributed by atoms with Crippen LogP contribution in [0.4, 0.5) is 19.6 Å². The van der Waals surface area contributed by atoms with E-state index in [9.17, 15) is 13.6 Å². The Bertz CT molecular complexity index is 633. The third kappa shape index (κ3) is 2.93. The van der Waals surface area contributed by atoms with Crippen molar-refractivity contribution in [2.45, 2.75) is 19.8 Å². The Kier molecular flexibility index (Phi) is 3.99. The number of aromatic nitrogens is 1. The lowest BCUT2D eigenvalue weighted by molar-refractivity contribution is 0.0696. The van der Waals surface area contributed by atoms with Gasteiger partial charge in [-0.1, -0.05) is 13.8 Å². The molecule has 0 bridgehead atoms. The zero-order valence-corrected chi connectivity index (χ0v) is 11.6. The molecule has 0 unspecified atom stereocenters. The normalized spacial score (nSPS) is 10.8. The molecule has 0 saturated heterocycles. The largest absolute Gasteiger partial charge is 0.478 e. The standard InChI is InChI=1S/C13H12F2N2O2S/c1-6(2)10-5-20-13(16-10)17-11-8(14)3-7(12(18)19)4-9(11)15/h3-6H,1-2H3,(H,16,17)(H,18,19). The van der Waals surface area contributed by atoms with Crippen LogP contribution in [0.5, 0.6) is 0 Å². The Morgan fingerprint density at radius 2 is 1.95 bits per heavy atom. The average Bonchev–Trinajstić information content (AvgIpc) is 2.82. The molecule has 7 heteroatoms. The summed E-state index contributed by atoms with van der Waals surface area (Å²) in [7, 11) is 0. The van der Waals surface area contributed by atoms with Gasteiger partial charge in [0.1, 0.15) is 5.69 Å². The second kappa shape index (κ2) is 5.54. The van der Waals surface area contributed by atoms with E-state index in [-0.39, 0.29) is 5.92 Å². The first-order valence-corrected chi connectivity index (χ1v) is 6.71. The number of nitrogens with zero attached hydrogens (tertiary/aromatic N) is 1. The number of halogens is 2. The van der Waals surface area contributed by atoms with Gasteiger partial charge in [0.05, 0.1) is 11.3 Å². The summed E-state index contributed by atoms with van der Waals surface area (Å²) in [4.78, 5) is 14.9. The second-order valence-corrected chi connectivity index (χ2v) is 5.34. The minimum absolute atomic E-state index is 0.214.